The number of anilines is 2. The Labute approximate surface area is 207 Å². The molecule has 2 aromatic carbocycles. The lowest BCUT2D eigenvalue weighted by Crippen LogP contribution is -2.30. The first-order valence-electron chi connectivity index (χ1n) is 11.5. The molecule has 0 amide bonds. The summed E-state index contributed by atoms with van der Waals surface area (Å²) in [4.78, 5) is 23.4. The van der Waals surface area contributed by atoms with Gasteiger partial charge >= 0.3 is 0 Å². The number of aryl methyl sites for hydroxylation is 2. The summed E-state index contributed by atoms with van der Waals surface area (Å²) in [5, 5.41) is 6.87. The van der Waals surface area contributed by atoms with Crippen LogP contribution in [0.5, 0.6) is 0 Å². The molecule has 0 radical (unpaired) electrons. The molecule has 7 rings (SSSR count). The molecule has 4 aromatic rings. The Balaban J connectivity index is 1.43. The number of benzene rings is 2. The van der Waals surface area contributed by atoms with E-state index >= 15 is 0 Å². The molecule has 5 heterocycles. The second-order valence-corrected chi connectivity index (χ2v) is 8.68. The molecule has 8 bridgehead atoms. The van der Waals surface area contributed by atoms with Crippen molar-refractivity contribution >= 4 is 46.3 Å². The molecule has 0 saturated carbocycles. The lowest BCUT2D eigenvalue weighted by Gasteiger charge is -2.15. The summed E-state index contributed by atoms with van der Waals surface area (Å²) in [5.74, 6) is 3.95. The van der Waals surface area contributed by atoms with Crippen molar-refractivity contribution < 1.29 is 0 Å². The SMILES string of the molecule is Cn1cc2nc1C1=CN(c3ccccc3)C(=Nc3cn(C)c(n3)C3=CN(c4ccccc4)C(=N2)N3)N1. The fourth-order valence-electron chi connectivity index (χ4n) is 4.49. The Morgan fingerprint density at radius 3 is 1.42 bits per heavy atom. The number of hydrogen-bond donors (Lipinski definition) is 2. The minimum atomic E-state index is 0.586. The molecular formula is C26H22N10. The summed E-state index contributed by atoms with van der Waals surface area (Å²) in [5.41, 5.74) is 3.60. The highest BCUT2D eigenvalue weighted by Gasteiger charge is 2.28. The zero-order valence-corrected chi connectivity index (χ0v) is 19.7. The molecule has 0 unspecified atom stereocenters. The van der Waals surface area contributed by atoms with Crippen LogP contribution < -0.4 is 20.4 Å². The topological polar surface area (TPSA) is 90.9 Å². The van der Waals surface area contributed by atoms with Crippen molar-refractivity contribution in [3.63, 3.8) is 0 Å². The van der Waals surface area contributed by atoms with Crippen LogP contribution in [0.3, 0.4) is 0 Å². The number of guanidine groups is 2. The van der Waals surface area contributed by atoms with Crippen molar-refractivity contribution in [2.45, 2.75) is 0 Å². The summed E-state index contributed by atoms with van der Waals surface area (Å²) < 4.78 is 3.91. The van der Waals surface area contributed by atoms with E-state index in [1.165, 1.54) is 0 Å². The number of nitrogens with zero attached hydrogens (tertiary/aromatic N) is 8. The molecular weight excluding hydrogens is 452 g/mol. The molecule has 0 fully saturated rings. The van der Waals surface area contributed by atoms with E-state index in [4.69, 9.17) is 20.0 Å². The second-order valence-electron chi connectivity index (χ2n) is 8.68. The van der Waals surface area contributed by atoms with Crippen LogP contribution in [0.25, 0.3) is 11.4 Å². The van der Waals surface area contributed by atoms with Crippen molar-refractivity contribution in [1.29, 1.82) is 0 Å². The van der Waals surface area contributed by atoms with Crippen LogP contribution in [-0.2, 0) is 14.1 Å². The number of para-hydroxylation sites is 2. The predicted octanol–water partition coefficient (Wildman–Crippen LogP) is 3.66. The van der Waals surface area contributed by atoms with Gasteiger partial charge in [0.05, 0.1) is 12.4 Å². The highest BCUT2D eigenvalue weighted by Crippen LogP contribution is 2.30. The summed E-state index contributed by atoms with van der Waals surface area (Å²) in [6.45, 7) is 0. The first-order valence-corrected chi connectivity index (χ1v) is 11.5. The zero-order chi connectivity index (χ0) is 24.2. The van der Waals surface area contributed by atoms with Gasteiger partial charge in [0.25, 0.3) is 0 Å². The van der Waals surface area contributed by atoms with Crippen molar-refractivity contribution in [2.24, 2.45) is 24.1 Å². The van der Waals surface area contributed by atoms with Gasteiger partial charge in [-0.25, -0.2) is 9.97 Å². The third-order valence-electron chi connectivity index (χ3n) is 6.18. The smallest absolute Gasteiger partial charge is 0.214 e. The van der Waals surface area contributed by atoms with Gasteiger partial charge in [-0.15, -0.1) is 0 Å². The van der Waals surface area contributed by atoms with Crippen molar-refractivity contribution in [1.82, 2.24) is 29.7 Å². The van der Waals surface area contributed by atoms with Crippen LogP contribution in [0, 0.1) is 0 Å². The largest absolute Gasteiger partial charge is 0.330 e. The molecule has 2 aromatic heterocycles. The average molecular weight is 475 g/mol. The number of aromatic nitrogens is 4. The maximum atomic E-state index is 4.88. The summed E-state index contributed by atoms with van der Waals surface area (Å²) in [6.07, 6.45) is 7.82. The fourth-order valence-corrected chi connectivity index (χ4v) is 4.49. The fraction of sp³-hybridized carbons (Fsp3) is 0.0769. The van der Waals surface area contributed by atoms with Gasteiger partial charge in [0, 0.05) is 37.9 Å². The van der Waals surface area contributed by atoms with E-state index in [-0.39, 0.29) is 0 Å². The number of hydrogen-bond acceptors (Lipinski definition) is 8. The molecule has 10 nitrogen and oxygen atoms in total. The van der Waals surface area contributed by atoms with E-state index < -0.39 is 0 Å². The van der Waals surface area contributed by atoms with E-state index in [2.05, 4.69) is 10.6 Å². The highest BCUT2D eigenvalue weighted by molar-refractivity contribution is 6.09. The van der Waals surface area contributed by atoms with Crippen molar-refractivity contribution in [2.75, 3.05) is 9.80 Å². The van der Waals surface area contributed by atoms with E-state index in [9.17, 15) is 0 Å². The van der Waals surface area contributed by atoms with Crippen LogP contribution in [0.4, 0.5) is 23.0 Å². The number of aliphatic imine (C=N–C) groups is 2. The first-order chi connectivity index (χ1) is 17.6. The second kappa shape index (κ2) is 7.70. The lowest BCUT2D eigenvalue weighted by atomic mass is 10.3. The minimum Gasteiger partial charge on any atom is -0.330 e. The Morgan fingerprint density at radius 2 is 1.00 bits per heavy atom. The Morgan fingerprint density at radius 1 is 0.583 bits per heavy atom. The zero-order valence-electron chi connectivity index (χ0n) is 19.7. The Kier molecular flexibility index (Phi) is 4.34. The monoisotopic (exact) mass is 474 g/mol. The lowest BCUT2D eigenvalue weighted by molar-refractivity contribution is 0.882. The molecule has 0 aliphatic carbocycles. The summed E-state index contributed by atoms with van der Waals surface area (Å²) in [7, 11) is 3.92. The van der Waals surface area contributed by atoms with Crippen molar-refractivity contribution in [3.8, 4) is 0 Å². The number of nitrogens with one attached hydrogen (secondary N) is 2. The molecule has 3 aliphatic rings. The van der Waals surface area contributed by atoms with Gasteiger partial charge in [-0.3, -0.25) is 9.80 Å². The molecule has 0 saturated heterocycles. The normalized spacial score (nSPS) is 15.9. The highest BCUT2D eigenvalue weighted by atomic mass is 15.4. The van der Waals surface area contributed by atoms with Gasteiger partial charge in [0.2, 0.25) is 11.9 Å². The maximum Gasteiger partial charge on any atom is 0.214 e. The third-order valence-corrected chi connectivity index (χ3v) is 6.18. The first kappa shape index (κ1) is 20.3. The quantitative estimate of drug-likeness (QED) is 0.461. The van der Waals surface area contributed by atoms with Gasteiger partial charge in [0.15, 0.2) is 23.3 Å². The van der Waals surface area contributed by atoms with Crippen LogP contribution >= 0.6 is 0 Å². The number of fused-ring (bicyclic) bond motifs is 10. The molecule has 36 heavy (non-hydrogen) atoms. The van der Waals surface area contributed by atoms with Crippen LogP contribution in [-0.4, -0.2) is 31.0 Å². The van der Waals surface area contributed by atoms with Gasteiger partial charge in [-0.05, 0) is 24.3 Å². The van der Waals surface area contributed by atoms with Gasteiger partial charge in [-0.1, -0.05) is 36.4 Å². The number of rotatable bonds is 2. The van der Waals surface area contributed by atoms with E-state index in [0.29, 0.717) is 23.6 Å². The average Bonchev–Trinajstić information content (AvgIpc) is 3.66. The maximum absolute atomic E-state index is 4.88. The molecule has 0 spiro atoms. The van der Waals surface area contributed by atoms with Crippen molar-refractivity contribution in [3.05, 3.63) is 97.1 Å². The Bertz CT molecular complexity index is 1480. The van der Waals surface area contributed by atoms with Crippen LogP contribution in [0.1, 0.15) is 11.6 Å². The standard InChI is InChI=1S/C26H22N10/c1-33-15-21-29-23(33)19-13-35(17-9-5-3-6-10-17)25(27-19)32-22-16-34(2)24(30-22)20-14-36(26(28-20)31-21)18-11-7-4-8-12-18/h3-16H,1-2H3,(H,27,32)(H,28,31). The van der Waals surface area contributed by atoms with E-state index in [0.717, 1.165) is 34.4 Å². The predicted molar refractivity (Wildman–Crippen MR) is 141 cm³/mol. The number of imidazole rings is 2. The minimum absolute atomic E-state index is 0.586. The van der Waals surface area contributed by atoms with E-state index in [1.54, 1.807) is 0 Å². The summed E-state index contributed by atoms with van der Waals surface area (Å²) >= 11 is 0. The molecule has 3 aliphatic heterocycles. The molecule has 0 atom stereocenters. The molecule has 176 valence electrons. The van der Waals surface area contributed by atoms with Gasteiger partial charge in [0.1, 0.15) is 11.4 Å². The molecule has 10 heteroatoms. The third kappa shape index (κ3) is 3.27. The Hall–Kier alpha value is -5.12. The van der Waals surface area contributed by atoms with E-state index in [1.807, 2.05) is 118 Å². The van der Waals surface area contributed by atoms with Gasteiger partial charge < -0.3 is 19.8 Å². The van der Waals surface area contributed by atoms with Crippen LogP contribution in [0.2, 0.25) is 0 Å². The summed E-state index contributed by atoms with van der Waals surface area (Å²) in [6, 6.07) is 20.1. The van der Waals surface area contributed by atoms with Gasteiger partial charge in [-0.2, -0.15) is 9.98 Å². The molecule has 2 N–H and O–H groups in total. The van der Waals surface area contributed by atoms with Crippen LogP contribution in [0.15, 0.2) is 95.4 Å².